The Morgan fingerprint density at radius 2 is 1.85 bits per heavy atom. The van der Waals surface area contributed by atoms with Crippen molar-refractivity contribution >= 4 is 5.91 Å². The molecular weight excluding hydrogens is 328 g/mol. The van der Waals surface area contributed by atoms with E-state index in [0.29, 0.717) is 12.3 Å². The van der Waals surface area contributed by atoms with Gasteiger partial charge in [-0.05, 0) is 49.2 Å². The fourth-order valence-corrected chi connectivity index (χ4v) is 3.34. The third kappa shape index (κ3) is 4.55. The van der Waals surface area contributed by atoms with Crippen LogP contribution in [0.5, 0.6) is 11.5 Å². The number of likely N-dealkylation sites (tertiary alicyclic amines) is 1. The fourth-order valence-electron chi connectivity index (χ4n) is 3.34. The van der Waals surface area contributed by atoms with Crippen LogP contribution in [-0.4, -0.2) is 36.1 Å². The van der Waals surface area contributed by atoms with E-state index in [1.165, 1.54) is 38.0 Å². The SMILES string of the molecule is COc1ccc(C(=O)NCc2ccccc2CN2CCCCC2)c(O)c1. The lowest BCUT2D eigenvalue weighted by Gasteiger charge is -2.27. The predicted octanol–water partition coefficient (Wildman–Crippen LogP) is 3.32. The standard InChI is InChI=1S/C21H26N2O3/c1-26-18-9-10-19(20(24)13-18)21(25)22-14-16-7-3-4-8-17(16)15-23-11-5-2-6-12-23/h3-4,7-10,13,24H,2,5-6,11-12,14-15H2,1H3,(H,22,25). The molecule has 26 heavy (non-hydrogen) atoms. The number of hydrogen-bond donors (Lipinski definition) is 2. The zero-order valence-electron chi connectivity index (χ0n) is 15.2. The Kier molecular flexibility index (Phi) is 6.12. The van der Waals surface area contributed by atoms with Gasteiger partial charge in [0, 0.05) is 19.2 Å². The molecule has 0 unspecified atom stereocenters. The first-order valence-electron chi connectivity index (χ1n) is 9.11. The summed E-state index contributed by atoms with van der Waals surface area (Å²) < 4.78 is 5.05. The van der Waals surface area contributed by atoms with Crippen LogP contribution in [0, 0.1) is 0 Å². The van der Waals surface area contributed by atoms with Gasteiger partial charge in [0.1, 0.15) is 11.5 Å². The van der Waals surface area contributed by atoms with Crippen molar-refractivity contribution in [3.05, 3.63) is 59.2 Å². The van der Waals surface area contributed by atoms with Crippen LogP contribution in [0.3, 0.4) is 0 Å². The highest BCUT2D eigenvalue weighted by Gasteiger charge is 2.15. The van der Waals surface area contributed by atoms with Gasteiger partial charge < -0.3 is 15.2 Å². The molecule has 5 nitrogen and oxygen atoms in total. The number of piperidine rings is 1. The van der Waals surface area contributed by atoms with Crippen LogP contribution in [0.25, 0.3) is 0 Å². The number of benzene rings is 2. The van der Waals surface area contributed by atoms with Crippen LogP contribution in [0.15, 0.2) is 42.5 Å². The van der Waals surface area contributed by atoms with Crippen LogP contribution in [0.4, 0.5) is 0 Å². The molecule has 1 amide bonds. The first kappa shape index (κ1) is 18.3. The molecule has 1 saturated heterocycles. The van der Waals surface area contributed by atoms with Crippen molar-refractivity contribution in [2.75, 3.05) is 20.2 Å². The summed E-state index contributed by atoms with van der Waals surface area (Å²) in [5, 5.41) is 12.9. The van der Waals surface area contributed by atoms with Crippen molar-refractivity contribution in [3.63, 3.8) is 0 Å². The summed E-state index contributed by atoms with van der Waals surface area (Å²) in [6.07, 6.45) is 3.84. The molecule has 1 aliphatic rings. The normalized spacial score (nSPS) is 14.8. The number of carbonyl (C=O) groups is 1. The third-order valence-electron chi connectivity index (χ3n) is 4.85. The van der Waals surface area contributed by atoms with Gasteiger partial charge in [-0.25, -0.2) is 0 Å². The van der Waals surface area contributed by atoms with E-state index >= 15 is 0 Å². The van der Waals surface area contributed by atoms with Gasteiger partial charge in [0.2, 0.25) is 0 Å². The van der Waals surface area contributed by atoms with E-state index in [1.807, 2.05) is 18.2 Å². The van der Waals surface area contributed by atoms with Gasteiger partial charge in [-0.15, -0.1) is 0 Å². The number of ether oxygens (including phenoxy) is 1. The average molecular weight is 354 g/mol. The summed E-state index contributed by atoms with van der Waals surface area (Å²) in [5.41, 5.74) is 2.60. The first-order valence-corrected chi connectivity index (χ1v) is 9.11. The number of nitrogens with one attached hydrogen (secondary N) is 1. The quantitative estimate of drug-likeness (QED) is 0.835. The van der Waals surface area contributed by atoms with E-state index in [2.05, 4.69) is 16.3 Å². The Hall–Kier alpha value is -2.53. The molecule has 3 rings (SSSR count). The monoisotopic (exact) mass is 354 g/mol. The predicted molar refractivity (Wildman–Crippen MR) is 101 cm³/mol. The van der Waals surface area contributed by atoms with Gasteiger partial charge in [-0.1, -0.05) is 30.7 Å². The molecule has 0 aromatic heterocycles. The highest BCUT2D eigenvalue weighted by atomic mass is 16.5. The topological polar surface area (TPSA) is 61.8 Å². The van der Waals surface area contributed by atoms with E-state index in [-0.39, 0.29) is 17.2 Å². The van der Waals surface area contributed by atoms with Crippen molar-refractivity contribution in [2.24, 2.45) is 0 Å². The van der Waals surface area contributed by atoms with E-state index in [1.54, 1.807) is 12.1 Å². The lowest BCUT2D eigenvalue weighted by atomic mass is 10.0. The van der Waals surface area contributed by atoms with Gasteiger partial charge in [-0.3, -0.25) is 9.69 Å². The Morgan fingerprint density at radius 1 is 1.12 bits per heavy atom. The number of phenols is 1. The molecule has 0 spiro atoms. The second-order valence-corrected chi connectivity index (χ2v) is 6.67. The zero-order valence-corrected chi connectivity index (χ0v) is 15.2. The van der Waals surface area contributed by atoms with Gasteiger partial charge in [0.15, 0.2) is 0 Å². The first-order chi connectivity index (χ1) is 12.7. The molecule has 2 aromatic carbocycles. The zero-order chi connectivity index (χ0) is 18.4. The maximum absolute atomic E-state index is 12.4. The smallest absolute Gasteiger partial charge is 0.255 e. The van der Waals surface area contributed by atoms with Gasteiger partial charge in [-0.2, -0.15) is 0 Å². The van der Waals surface area contributed by atoms with Crippen molar-refractivity contribution in [3.8, 4) is 11.5 Å². The maximum Gasteiger partial charge on any atom is 0.255 e. The lowest BCUT2D eigenvalue weighted by molar-refractivity contribution is 0.0948. The molecule has 2 N–H and O–H groups in total. The Balaban J connectivity index is 1.65. The molecule has 0 aliphatic carbocycles. The average Bonchev–Trinajstić information content (AvgIpc) is 2.67. The Labute approximate surface area is 154 Å². The molecule has 1 heterocycles. The maximum atomic E-state index is 12.4. The molecule has 5 heteroatoms. The molecule has 0 radical (unpaired) electrons. The number of phenolic OH excluding ortho intramolecular Hbond substituents is 1. The summed E-state index contributed by atoms with van der Waals surface area (Å²) >= 11 is 0. The summed E-state index contributed by atoms with van der Waals surface area (Å²) in [6, 6.07) is 12.9. The fraction of sp³-hybridized carbons (Fsp3) is 0.381. The van der Waals surface area contributed by atoms with Crippen LogP contribution in [-0.2, 0) is 13.1 Å². The van der Waals surface area contributed by atoms with Gasteiger partial charge in [0.25, 0.3) is 5.91 Å². The van der Waals surface area contributed by atoms with Crippen molar-refractivity contribution < 1.29 is 14.6 Å². The number of hydrogen-bond acceptors (Lipinski definition) is 4. The van der Waals surface area contributed by atoms with E-state index in [9.17, 15) is 9.90 Å². The molecule has 0 atom stereocenters. The summed E-state index contributed by atoms with van der Waals surface area (Å²) in [4.78, 5) is 14.9. The Bertz CT molecular complexity index is 755. The van der Waals surface area contributed by atoms with E-state index < -0.39 is 0 Å². The van der Waals surface area contributed by atoms with Crippen LogP contribution < -0.4 is 10.1 Å². The Morgan fingerprint density at radius 3 is 2.54 bits per heavy atom. The van der Waals surface area contributed by atoms with E-state index in [0.717, 1.165) is 25.2 Å². The number of carbonyl (C=O) groups excluding carboxylic acids is 1. The highest BCUT2D eigenvalue weighted by molar-refractivity contribution is 5.96. The summed E-state index contributed by atoms with van der Waals surface area (Å²) in [6.45, 7) is 3.63. The molecule has 1 fully saturated rings. The number of rotatable bonds is 6. The molecule has 2 aromatic rings. The highest BCUT2D eigenvalue weighted by Crippen LogP contribution is 2.23. The van der Waals surface area contributed by atoms with Crippen LogP contribution in [0.1, 0.15) is 40.7 Å². The number of methoxy groups -OCH3 is 1. The summed E-state index contributed by atoms with van der Waals surface area (Å²) in [5.74, 6) is 0.146. The molecule has 1 aliphatic heterocycles. The molecule has 0 saturated carbocycles. The van der Waals surface area contributed by atoms with Crippen molar-refractivity contribution in [1.82, 2.24) is 10.2 Å². The minimum Gasteiger partial charge on any atom is -0.507 e. The number of nitrogens with zero attached hydrogens (tertiary/aromatic N) is 1. The minimum atomic E-state index is -0.294. The second-order valence-electron chi connectivity index (χ2n) is 6.67. The van der Waals surface area contributed by atoms with Crippen molar-refractivity contribution in [2.45, 2.75) is 32.4 Å². The van der Waals surface area contributed by atoms with Crippen molar-refractivity contribution in [1.29, 1.82) is 0 Å². The number of amides is 1. The summed E-state index contributed by atoms with van der Waals surface area (Å²) in [7, 11) is 1.52. The van der Waals surface area contributed by atoms with E-state index in [4.69, 9.17) is 4.74 Å². The lowest BCUT2D eigenvalue weighted by Crippen LogP contribution is -2.30. The van der Waals surface area contributed by atoms with Crippen LogP contribution >= 0.6 is 0 Å². The second kappa shape index (κ2) is 8.72. The van der Waals surface area contributed by atoms with Gasteiger partial charge in [0.05, 0.1) is 12.7 Å². The third-order valence-corrected chi connectivity index (χ3v) is 4.85. The number of aromatic hydroxyl groups is 1. The molecule has 138 valence electrons. The largest absolute Gasteiger partial charge is 0.507 e. The molecule has 0 bridgehead atoms. The van der Waals surface area contributed by atoms with Gasteiger partial charge >= 0.3 is 0 Å². The molecular formula is C21H26N2O3. The minimum absolute atomic E-state index is 0.0801. The van der Waals surface area contributed by atoms with Crippen LogP contribution in [0.2, 0.25) is 0 Å².